The zero-order valence-electron chi connectivity index (χ0n) is 79.8. The van der Waals surface area contributed by atoms with Crippen LogP contribution in [0.2, 0.25) is 0 Å². The molecule has 4 aliphatic carbocycles. The minimum atomic E-state index is -4.78. The van der Waals surface area contributed by atoms with Crippen LogP contribution in [0.15, 0.2) is 213 Å². The van der Waals surface area contributed by atoms with E-state index in [1.165, 1.54) is 29.8 Å². The van der Waals surface area contributed by atoms with Gasteiger partial charge in [0.2, 0.25) is 23.6 Å². The molecule has 4 saturated carbocycles. The highest BCUT2D eigenvalue weighted by Gasteiger charge is 2.62. The second-order valence-electron chi connectivity index (χ2n) is 39.5. The Morgan fingerprint density at radius 1 is 0.374 bits per heavy atom. The van der Waals surface area contributed by atoms with Crippen LogP contribution >= 0.6 is 0 Å². The fourth-order valence-corrected chi connectivity index (χ4v) is 21.7. The fraction of sp³-hybridized carbons (Fsp3) is 0.327. The van der Waals surface area contributed by atoms with Gasteiger partial charge in [0.05, 0.1) is 5.56 Å². The van der Waals surface area contributed by atoms with E-state index >= 15 is 0 Å². The first-order valence-corrected chi connectivity index (χ1v) is 49.3. The predicted octanol–water partition coefficient (Wildman–Crippen LogP) is 19.9. The molecule has 5 fully saturated rings. The normalized spacial score (nSPS) is 22.0. The molecule has 27 nitrogen and oxygen atoms in total. The molecule has 0 unspecified atom stereocenters. The number of likely N-dealkylation sites (N-methyl/N-ethyl adjacent to an activating group) is 1. The summed E-state index contributed by atoms with van der Waals surface area (Å²) in [6.45, 7) is 7.45. The number of Topliss-reactive ketones (excluding diaryl/α,β-unsaturated/α-hetero) is 4. The van der Waals surface area contributed by atoms with Gasteiger partial charge in [-0.15, -0.1) is 13.2 Å². The maximum absolute atomic E-state index is 13.8. The summed E-state index contributed by atoms with van der Waals surface area (Å²) in [6.07, 6.45) is 3.18. The molecule has 752 valence electrons. The molecule has 13 heterocycles. The van der Waals surface area contributed by atoms with Crippen LogP contribution in [0.4, 0.5) is 54.0 Å². The number of hydrogen-bond donors (Lipinski definition) is 4. The van der Waals surface area contributed by atoms with E-state index in [1.807, 2.05) is 110 Å². The Morgan fingerprint density at radius 3 is 1.03 bits per heavy atom. The first-order valence-electron chi connectivity index (χ1n) is 49.3. The molecule has 13 aliphatic rings. The van der Waals surface area contributed by atoms with E-state index in [4.69, 9.17) is 37.9 Å². The van der Waals surface area contributed by atoms with Gasteiger partial charge in [-0.2, -0.15) is 13.2 Å². The second-order valence-corrected chi connectivity index (χ2v) is 39.5. The summed E-state index contributed by atoms with van der Waals surface area (Å²) in [5.41, 5.74) is 11.8. The Hall–Kier alpha value is -15.5. The van der Waals surface area contributed by atoms with E-state index in [0.717, 1.165) is 141 Å². The lowest BCUT2D eigenvalue weighted by Gasteiger charge is -2.32. The summed E-state index contributed by atoms with van der Waals surface area (Å²) < 4.78 is 142. The lowest BCUT2D eigenvalue weighted by molar-refractivity contribution is -0.274. The van der Waals surface area contributed by atoms with Crippen LogP contribution in [0.1, 0.15) is 158 Å². The van der Waals surface area contributed by atoms with E-state index in [2.05, 4.69) is 87.1 Å². The third kappa shape index (κ3) is 21.4. The fourth-order valence-electron chi connectivity index (χ4n) is 21.7. The highest BCUT2D eigenvalue weighted by atomic mass is 19.4. The van der Waals surface area contributed by atoms with Crippen molar-refractivity contribution >= 4 is 70.0 Å². The quantitative estimate of drug-likeness (QED) is 0.0348. The van der Waals surface area contributed by atoms with Crippen LogP contribution in [0.3, 0.4) is 0 Å². The Labute approximate surface area is 838 Å². The van der Waals surface area contributed by atoms with Crippen molar-refractivity contribution in [2.24, 2.45) is 23.7 Å². The summed E-state index contributed by atoms with van der Waals surface area (Å²) in [6, 6.07) is 54.5. The van der Waals surface area contributed by atoms with Crippen LogP contribution in [0.25, 0.3) is 0 Å². The van der Waals surface area contributed by atoms with Crippen molar-refractivity contribution in [2.75, 3.05) is 54.5 Å². The number of carbonyl (C=O) groups is 8. The molecular formula is C113H99F7N10O17. The number of amides is 4. The van der Waals surface area contributed by atoms with Crippen molar-refractivity contribution in [3.8, 4) is 74.7 Å². The Morgan fingerprint density at radius 2 is 0.694 bits per heavy atom. The van der Waals surface area contributed by atoms with Gasteiger partial charge in [0.1, 0.15) is 151 Å². The topological polar surface area (TPSA) is 326 Å². The van der Waals surface area contributed by atoms with Gasteiger partial charge in [0, 0.05) is 226 Å². The van der Waals surface area contributed by atoms with Gasteiger partial charge in [-0.05, 0) is 194 Å². The number of hydrogen-bond acceptors (Lipinski definition) is 23. The number of piperazine rings is 1. The summed E-state index contributed by atoms with van der Waals surface area (Å²) in [5.74, 6) is 10.2. The number of rotatable bonds is 27. The predicted molar refractivity (Wildman–Crippen MR) is 522 cm³/mol. The van der Waals surface area contributed by atoms with E-state index in [1.54, 1.807) is 43.0 Å². The van der Waals surface area contributed by atoms with E-state index in [0.29, 0.717) is 153 Å². The minimum absolute atomic E-state index is 0.00750. The van der Waals surface area contributed by atoms with Crippen molar-refractivity contribution in [1.82, 2.24) is 29.7 Å². The Kier molecular flexibility index (Phi) is 26.1. The molecule has 9 aliphatic heterocycles. The van der Waals surface area contributed by atoms with Crippen molar-refractivity contribution in [3.05, 3.63) is 302 Å². The molecular weight excluding hydrogens is 1900 g/mol. The number of nitrogens with one attached hydrogen (secondary N) is 4. The van der Waals surface area contributed by atoms with Gasteiger partial charge in [-0.25, -0.2) is 24.3 Å². The molecule has 0 bridgehead atoms. The van der Waals surface area contributed by atoms with Gasteiger partial charge >= 0.3 is 12.5 Å². The van der Waals surface area contributed by atoms with Crippen LogP contribution in [0.5, 0.6) is 74.7 Å². The zero-order valence-corrected chi connectivity index (χ0v) is 79.8. The largest absolute Gasteiger partial charge is 0.573 e. The van der Waals surface area contributed by atoms with Crippen molar-refractivity contribution in [2.45, 2.75) is 177 Å². The monoisotopic (exact) mass is 2000 g/mol. The number of carbonyl (C=O) groups excluding carboxylic acids is 8. The van der Waals surface area contributed by atoms with Crippen LogP contribution < -0.4 is 63.9 Å². The zero-order chi connectivity index (χ0) is 101. The van der Waals surface area contributed by atoms with Crippen molar-refractivity contribution in [3.63, 3.8) is 0 Å². The molecule has 12 aromatic rings. The highest BCUT2D eigenvalue weighted by Crippen LogP contribution is 2.65. The Bertz CT molecular complexity index is 7260. The van der Waals surface area contributed by atoms with Gasteiger partial charge in [0.25, 0.3) is 0 Å². The van der Waals surface area contributed by atoms with Crippen molar-refractivity contribution < 1.29 is 112 Å². The molecule has 0 radical (unpaired) electrons. The van der Waals surface area contributed by atoms with E-state index in [-0.39, 0.29) is 149 Å². The molecule has 12 atom stereocenters. The molecule has 4 N–H and O–H groups in total. The standard InChI is InChI=1S/C32H34N4O4.C27H20F4N2O4.C27H21F3N2O5.C27H24N2O4/c1-35-12-14-36(15-13-35)19-21-4-2-20(3-5-21)16-22(37)17-26-30-25-18-23(6-8-27(25)40-31(26)30)39-28-10-11-33-32-24(28)7-9-29(38)34-32;28-20-10-13(1-4-19(20)27(29,30)31)9-14(34)11-18-24-17-12-15(2-5-21(17)37-25(18)24)36-22-7-8-32-26-16(22)3-6-23(35)33-26;28-27(29,30)37-16-3-1-14(2-4-16)11-15(33)12-20-24-19-13-17(5-7-21(19)36-25(20)24)35-22-9-10-31-26-18(22)6-8-23(34)32-26;1-15-4-2-3-5-16(15)12-17(30)13-21-25-20-14-18(6-8-22(20)33-26(21)25)32-23-10-11-28-27-19(23)7-9-24(31)29-27/h2-6,8,10-11,18,26,30-31H,7,9,12-17,19H2,1H3,(H,33,34,38);1-2,4-5,7-8,10,12,18,24-25H,3,6,9,11H2,(H,32,33,35);1-5,7,9-10,13,20,24-25H,6,8,11-12H2,(H,31,32,34);2-6,8,10-11,14,21,25-26H,7,9,12-13H2,1H3,(H,28,29,31)/t26-,30-,31+;18-,24-,25+;20-,24-,25+;21-,25-,26+/m0000/s1. The van der Waals surface area contributed by atoms with Crippen LogP contribution in [0, 0.1) is 36.4 Å². The summed E-state index contributed by atoms with van der Waals surface area (Å²) in [5, 5.41) is 11.1. The SMILES string of the molecule is CN1CCN(Cc2ccc(CC(=O)C[C@@H]3[C@H]4Oc5ccc(Oc6ccnc7c6CCC(=O)N7)cc5[C@@H]34)cc2)CC1.Cc1ccccc1CC(=O)C[C@@H]1[C@H]2Oc3ccc(Oc4ccnc5c4CCC(=O)N5)cc3[C@@H]12.O=C(Cc1ccc(C(F)(F)F)c(F)c1)C[C@@H]1[C@H]2Oc3ccc(Oc4ccnc5c4CCC(=O)N5)cc3[C@@H]12.O=C(Cc1ccc(OC(F)(F)F)cc1)C[C@@H]1[C@H]2Oc3ccc(Oc4ccnc5c4CCC(=O)N5)cc3[C@@H]12. The average molecular weight is 2000 g/mol. The molecule has 34 heteroatoms. The number of pyridine rings is 4. The third-order valence-corrected chi connectivity index (χ3v) is 29.4. The lowest BCUT2D eigenvalue weighted by atomic mass is 9.99. The average Bonchev–Trinajstić information content (AvgIpc) is 1.57. The third-order valence-electron chi connectivity index (χ3n) is 29.4. The molecule has 25 rings (SSSR count). The first kappa shape index (κ1) is 96.3. The number of ketones is 4. The summed E-state index contributed by atoms with van der Waals surface area (Å²) in [4.78, 5) is 119. The number of nitrogens with zero attached hydrogens (tertiary/aromatic N) is 6. The number of alkyl halides is 6. The number of fused-ring (bicyclic) bond motifs is 16. The smallest absolute Gasteiger partial charge is 0.489 e. The first-order chi connectivity index (χ1) is 71.0. The molecule has 1 saturated heterocycles. The van der Waals surface area contributed by atoms with Gasteiger partial charge in [-0.1, -0.05) is 66.7 Å². The molecule has 0 spiro atoms. The minimum Gasteiger partial charge on any atom is -0.489 e. The molecule has 4 amide bonds. The van der Waals surface area contributed by atoms with Gasteiger partial charge in [-0.3, -0.25) is 43.3 Å². The van der Waals surface area contributed by atoms with E-state index in [9.17, 15) is 69.1 Å². The number of ether oxygens (including phenoxy) is 9. The number of aryl methyl sites for hydroxylation is 1. The summed E-state index contributed by atoms with van der Waals surface area (Å²) >= 11 is 0. The number of benzene rings is 8. The second kappa shape index (κ2) is 39.8. The number of halogens is 7. The maximum Gasteiger partial charge on any atom is 0.573 e. The van der Waals surface area contributed by atoms with Crippen LogP contribution in [-0.4, -0.2) is 141 Å². The number of aromatic nitrogens is 4. The summed E-state index contributed by atoms with van der Waals surface area (Å²) in [7, 11) is 2.17. The Balaban J connectivity index is 0.000000112. The molecule has 147 heavy (non-hydrogen) atoms. The highest BCUT2D eigenvalue weighted by molar-refractivity contribution is 5.96. The number of anilines is 4. The molecule has 4 aromatic heterocycles. The van der Waals surface area contributed by atoms with E-state index < -0.39 is 23.9 Å². The van der Waals surface area contributed by atoms with Gasteiger partial charge in [0.15, 0.2) is 0 Å². The maximum atomic E-state index is 13.8. The molecule has 8 aromatic carbocycles. The van der Waals surface area contributed by atoms with Gasteiger partial charge < -0.3 is 68.8 Å². The lowest BCUT2D eigenvalue weighted by Crippen LogP contribution is -2.43. The van der Waals surface area contributed by atoms with Crippen molar-refractivity contribution in [1.29, 1.82) is 0 Å². The van der Waals surface area contributed by atoms with Crippen LogP contribution in [-0.2, 0) is 102 Å².